The summed E-state index contributed by atoms with van der Waals surface area (Å²) in [6, 6.07) is 6.39. The van der Waals surface area contributed by atoms with Crippen LogP contribution in [-0.2, 0) is 6.42 Å². The summed E-state index contributed by atoms with van der Waals surface area (Å²) < 4.78 is 5.43. The molecule has 0 bridgehead atoms. The Morgan fingerprint density at radius 1 is 1.28 bits per heavy atom. The van der Waals surface area contributed by atoms with Crippen molar-refractivity contribution in [2.24, 2.45) is 5.92 Å². The minimum absolute atomic E-state index is 0.185. The van der Waals surface area contributed by atoms with E-state index in [0.29, 0.717) is 5.92 Å². The summed E-state index contributed by atoms with van der Waals surface area (Å²) in [7, 11) is 1.74. The molecule has 0 aliphatic heterocycles. The van der Waals surface area contributed by atoms with Crippen LogP contribution >= 0.6 is 0 Å². The molecule has 0 aromatic heterocycles. The fourth-order valence-corrected chi connectivity index (χ4v) is 1.99. The molecular weight excluding hydrogens is 222 g/mol. The first-order chi connectivity index (χ1) is 8.31. The zero-order chi connectivity index (χ0) is 13.8. The Morgan fingerprint density at radius 2 is 1.94 bits per heavy atom. The molecule has 0 fully saturated rings. The third-order valence-electron chi connectivity index (χ3n) is 2.99. The predicted octanol–water partition coefficient (Wildman–Crippen LogP) is 3.57. The van der Waals surface area contributed by atoms with Gasteiger partial charge >= 0.3 is 0 Å². The van der Waals surface area contributed by atoms with Gasteiger partial charge < -0.3 is 10.1 Å². The quantitative estimate of drug-likeness (QED) is 0.861. The lowest BCUT2D eigenvalue weighted by Gasteiger charge is -2.24. The van der Waals surface area contributed by atoms with E-state index in [-0.39, 0.29) is 5.54 Å². The van der Waals surface area contributed by atoms with E-state index in [9.17, 15) is 0 Å². The Morgan fingerprint density at radius 3 is 2.50 bits per heavy atom. The fraction of sp³-hybridized carbons (Fsp3) is 0.625. The molecule has 0 spiro atoms. The van der Waals surface area contributed by atoms with Crippen LogP contribution in [0.25, 0.3) is 0 Å². The van der Waals surface area contributed by atoms with Crippen molar-refractivity contribution in [1.82, 2.24) is 5.32 Å². The standard InChI is InChI=1S/C16H27NO/c1-12-7-8-15(18-6)14(9-12)10-13(2)11-17-16(3,4)5/h7-9,13,17H,10-11H2,1-6H3. The lowest BCUT2D eigenvalue weighted by atomic mass is 9.97. The van der Waals surface area contributed by atoms with Gasteiger partial charge in [-0.25, -0.2) is 0 Å². The molecule has 0 saturated heterocycles. The number of methoxy groups -OCH3 is 1. The van der Waals surface area contributed by atoms with Crippen molar-refractivity contribution in [2.75, 3.05) is 13.7 Å². The van der Waals surface area contributed by atoms with Gasteiger partial charge in [-0.2, -0.15) is 0 Å². The number of nitrogens with one attached hydrogen (secondary N) is 1. The maximum Gasteiger partial charge on any atom is 0.122 e. The van der Waals surface area contributed by atoms with Gasteiger partial charge in [0.25, 0.3) is 0 Å². The van der Waals surface area contributed by atoms with Gasteiger partial charge in [-0.05, 0) is 58.2 Å². The number of rotatable bonds is 5. The van der Waals surface area contributed by atoms with Gasteiger partial charge in [0, 0.05) is 5.54 Å². The third kappa shape index (κ3) is 5.09. The molecule has 1 unspecified atom stereocenters. The second-order valence-corrected chi connectivity index (χ2v) is 6.26. The largest absolute Gasteiger partial charge is 0.496 e. The Kier molecular flexibility index (Phi) is 5.21. The molecule has 2 nitrogen and oxygen atoms in total. The molecule has 1 atom stereocenters. The van der Waals surface area contributed by atoms with Crippen LogP contribution in [0, 0.1) is 12.8 Å². The van der Waals surface area contributed by atoms with Gasteiger partial charge in [0.05, 0.1) is 7.11 Å². The van der Waals surface area contributed by atoms with Crippen molar-refractivity contribution in [3.63, 3.8) is 0 Å². The zero-order valence-corrected chi connectivity index (χ0v) is 12.6. The zero-order valence-electron chi connectivity index (χ0n) is 12.6. The molecule has 18 heavy (non-hydrogen) atoms. The van der Waals surface area contributed by atoms with Gasteiger partial charge in [0.1, 0.15) is 5.75 Å². The normalized spacial score (nSPS) is 13.4. The van der Waals surface area contributed by atoms with Crippen molar-refractivity contribution in [2.45, 2.75) is 46.6 Å². The third-order valence-corrected chi connectivity index (χ3v) is 2.99. The summed E-state index contributed by atoms with van der Waals surface area (Å²) in [6.45, 7) is 12.0. The minimum Gasteiger partial charge on any atom is -0.496 e. The average Bonchev–Trinajstić information content (AvgIpc) is 2.26. The van der Waals surface area contributed by atoms with E-state index in [2.05, 4.69) is 58.1 Å². The van der Waals surface area contributed by atoms with E-state index in [4.69, 9.17) is 4.74 Å². The average molecular weight is 249 g/mol. The first kappa shape index (κ1) is 15.0. The summed E-state index contributed by atoms with van der Waals surface area (Å²) in [5, 5.41) is 3.55. The van der Waals surface area contributed by atoms with Crippen molar-refractivity contribution >= 4 is 0 Å². The summed E-state index contributed by atoms with van der Waals surface area (Å²) in [4.78, 5) is 0. The maximum absolute atomic E-state index is 5.43. The highest BCUT2D eigenvalue weighted by molar-refractivity contribution is 5.37. The topological polar surface area (TPSA) is 21.3 Å². The van der Waals surface area contributed by atoms with E-state index in [1.807, 2.05) is 0 Å². The SMILES string of the molecule is COc1ccc(C)cc1CC(C)CNC(C)(C)C. The number of hydrogen-bond donors (Lipinski definition) is 1. The molecule has 0 amide bonds. The molecule has 1 aromatic carbocycles. The smallest absolute Gasteiger partial charge is 0.122 e. The molecule has 0 aliphatic rings. The molecular formula is C16H27NO. The Balaban J connectivity index is 2.63. The first-order valence-corrected chi connectivity index (χ1v) is 6.70. The Labute approximate surface area is 112 Å². The van der Waals surface area contributed by atoms with Gasteiger partial charge in [-0.3, -0.25) is 0 Å². The fourth-order valence-electron chi connectivity index (χ4n) is 1.99. The van der Waals surface area contributed by atoms with Crippen LogP contribution in [0.1, 0.15) is 38.8 Å². The van der Waals surface area contributed by atoms with Crippen LogP contribution in [0.3, 0.4) is 0 Å². The number of benzene rings is 1. The highest BCUT2D eigenvalue weighted by atomic mass is 16.5. The summed E-state index contributed by atoms with van der Waals surface area (Å²) >= 11 is 0. The van der Waals surface area contributed by atoms with Gasteiger partial charge in [-0.15, -0.1) is 0 Å². The molecule has 0 radical (unpaired) electrons. The van der Waals surface area contributed by atoms with Gasteiger partial charge in [0.15, 0.2) is 0 Å². The van der Waals surface area contributed by atoms with Crippen LogP contribution in [0.2, 0.25) is 0 Å². The minimum atomic E-state index is 0.185. The maximum atomic E-state index is 5.43. The summed E-state index contributed by atoms with van der Waals surface area (Å²) in [5.41, 5.74) is 2.78. The van der Waals surface area contributed by atoms with Crippen molar-refractivity contribution < 1.29 is 4.74 Å². The van der Waals surface area contributed by atoms with Crippen molar-refractivity contribution in [3.8, 4) is 5.75 Å². The monoisotopic (exact) mass is 249 g/mol. The van der Waals surface area contributed by atoms with Crippen molar-refractivity contribution in [3.05, 3.63) is 29.3 Å². The highest BCUT2D eigenvalue weighted by Gasteiger charge is 2.13. The summed E-state index contributed by atoms with van der Waals surface area (Å²) in [5.74, 6) is 1.60. The van der Waals surface area contributed by atoms with Crippen LogP contribution in [0.5, 0.6) is 5.75 Å². The highest BCUT2D eigenvalue weighted by Crippen LogP contribution is 2.22. The molecule has 0 heterocycles. The Bertz CT molecular complexity index is 379. The van der Waals surface area contributed by atoms with Crippen molar-refractivity contribution in [1.29, 1.82) is 0 Å². The van der Waals surface area contributed by atoms with Crippen LogP contribution in [0.15, 0.2) is 18.2 Å². The lowest BCUT2D eigenvalue weighted by Crippen LogP contribution is -2.39. The molecule has 0 saturated carbocycles. The van der Waals surface area contributed by atoms with E-state index in [1.165, 1.54) is 11.1 Å². The summed E-state index contributed by atoms with van der Waals surface area (Å²) in [6.07, 6.45) is 1.05. The molecule has 1 aromatic rings. The van der Waals surface area contributed by atoms with E-state index < -0.39 is 0 Å². The second-order valence-electron chi connectivity index (χ2n) is 6.26. The van der Waals surface area contributed by atoms with E-state index in [1.54, 1.807) is 7.11 Å². The lowest BCUT2D eigenvalue weighted by molar-refractivity contribution is 0.374. The first-order valence-electron chi connectivity index (χ1n) is 6.70. The Hall–Kier alpha value is -1.02. The molecule has 1 N–H and O–H groups in total. The van der Waals surface area contributed by atoms with Crippen LogP contribution in [-0.4, -0.2) is 19.2 Å². The van der Waals surface area contributed by atoms with E-state index in [0.717, 1.165) is 18.7 Å². The molecule has 1 rings (SSSR count). The van der Waals surface area contributed by atoms with Crippen LogP contribution in [0.4, 0.5) is 0 Å². The molecule has 0 aliphatic carbocycles. The van der Waals surface area contributed by atoms with Gasteiger partial charge in [0.2, 0.25) is 0 Å². The number of aryl methyl sites for hydroxylation is 1. The molecule has 102 valence electrons. The number of ether oxygens (including phenoxy) is 1. The van der Waals surface area contributed by atoms with Gasteiger partial charge in [-0.1, -0.05) is 24.6 Å². The molecule has 2 heteroatoms. The van der Waals surface area contributed by atoms with E-state index >= 15 is 0 Å². The number of hydrogen-bond acceptors (Lipinski definition) is 2. The van der Waals surface area contributed by atoms with Crippen LogP contribution < -0.4 is 10.1 Å². The second kappa shape index (κ2) is 6.24. The predicted molar refractivity (Wildman–Crippen MR) is 78.4 cm³/mol.